The monoisotopic (exact) mass is 555 g/mol. The van der Waals surface area contributed by atoms with Crippen molar-refractivity contribution in [2.24, 2.45) is 0 Å². The molecule has 0 saturated carbocycles. The van der Waals surface area contributed by atoms with Crippen LogP contribution in [0.15, 0.2) is 53.7 Å². The highest BCUT2D eigenvalue weighted by atomic mass is 19.2. The van der Waals surface area contributed by atoms with Crippen LogP contribution in [0.1, 0.15) is 31.9 Å². The summed E-state index contributed by atoms with van der Waals surface area (Å²) in [6.45, 7) is 6.87. The number of imide groups is 1. The molecular formula is C28H33F2N6O4-. The highest BCUT2D eigenvalue weighted by Crippen LogP contribution is 2.35. The SMILES string of the molecule is COC(=O)C1=C(C)NC(=O)N(C(=O)NCCCN2CCN(c3ccccc3[NH-])C[C@@H]2C)C1c1ccc(F)c(F)c1. The predicted molar refractivity (Wildman–Crippen MR) is 146 cm³/mol. The van der Waals surface area contributed by atoms with Crippen LogP contribution >= 0.6 is 0 Å². The van der Waals surface area contributed by atoms with Gasteiger partial charge in [-0.1, -0.05) is 24.3 Å². The van der Waals surface area contributed by atoms with Crippen molar-refractivity contribution in [1.82, 2.24) is 20.4 Å². The van der Waals surface area contributed by atoms with E-state index in [0.717, 1.165) is 49.5 Å². The lowest BCUT2D eigenvalue weighted by Crippen LogP contribution is -2.55. The van der Waals surface area contributed by atoms with Crippen molar-refractivity contribution in [3.05, 3.63) is 76.7 Å². The third-order valence-electron chi connectivity index (χ3n) is 7.24. The van der Waals surface area contributed by atoms with Crippen LogP contribution in [0.5, 0.6) is 0 Å². The minimum atomic E-state index is -1.32. The van der Waals surface area contributed by atoms with Gasteiger partial charge >= 0.3 is 18.0 Å². The van der Waals surface area contributed by atoms with E-state index in [1.807, 2.05) is 18.2 Å². The summed E-state index contributed by atoms with van der Waals surface area (Å²) < 4.78 is 32.6. The van der Waals surface area contributed by atoms with Crippen molar-refractivity contribution in [1.29, 1.82) is 0 Å². The fourth-order valence-electron chi connectivity index (χ4n) is 5.18. The molecule has 2 aliphatic rings. The highest BCUT2D eigenvalue weighted by Gasteiger charge is 2.42. The number of esters is 1. The number of ether oxygens (including phenoxy) is 1. The number of methoxy groups -OCH3 is 1. The molecule has 0 radical (unpaired) electrons. The number of anilines is 1. The Labute approximate surface area is 231 Å². The molecule has 1 saturated heterocycles. The Morgan fingerprint density at radius 1 is 1.15 bits per heavy atom. The second-order valence-corrected chi connectivity index (χ2v) is 9.84. The number of rotatable bonds is 7. The number of piperazine rings is 1. The van der Waals surface area contributed by atoms with Gasteiger partial charge in [0.2, 0.25) is 0 Å². The molecule has 2 aliphatic heterocycles. The number of para-hydroxylation sites is 1. The summed E-state index contributed by atoms with van der Waals surface area (Å²) in [5.74, 6) is -3.09. The zero-order chi connectivity index (χ0) is 29.0. The number of carbonyl (C=O) groups excluding carboxylic acids is 3. The number of carbonyl (C=O) groups is 3. The van der Waals surface area contributed by atoms with Gasteiger partial charge in [0.1, 0.15) is 6.04 Å². The highest BCUT2D eigenvalue weighted by molar-refractivity contribution is 6.01. The van der Waals surface area contributed by atoms with E-state index in [0.29, 0.717) is 18.7 Å². The number of amides is 4. The lowest BCUT2D eigenvalue weighted by Gasteiger charge is -2.42. The van der Waals surface area contributed by atoms with Crippen LogP contribution in [0.4, 0.5) is 29.7 Å². The summed E-state index contributed by atoms with van der Waals surface area (Å²) >= 11 is 0. The Morgan fingerprint density at radius 3 is 2.58 bits per heavy atom. The number of halogens is 2. The fourth-order valence-corrected chi connectivity index (χ4v) is 5.18. The molecule has 40 heavy (non-hydrogen) atoms. The molecule has 214 valence electrons. The Bertz CT molecular complexity index is 1320. The quantitative estimate of drug-likeness (QED) is 0.385. The number of hydrogen-bond donors (Lipinski definition) is 2. The normalized spacial score (nSPS) is 19.9. The van der Waals surface area contributed by atoms with Crippen LogP contribution in [0.2, 0.25) is 0 Å². The lowest BCUT2D eigenvalue weighted by molar-refractivity contribution is -0.136. The summed E-state index contributed by atoms with van der Waals surface area (Å²) in [6.07, 6.45) is 0.592. The molecule has 2 heterocycles. The number of nitrogens with zero attached hydrogens (tertiary/aromatic N) is 3. The Hall–Kier alpha value is -4.19. The number of benzene rings is 2. The Balaban J connectivity index is 1.40. The zero-order valence-corrected chi connectivity index (χ0v) is 22.7. The summed E-state index contributed by atoms with van der Waals surface area (Å²) in [5, 5.41) is 5.20. The minimum Gasteiger partial charge on any atom is -0.697 e. The summed E-state index contributed by atoms with van der Waals surface area (Å²) in [7, 11) is 1.15. The third kappa shape index (κ3) is 6.01. The van der Waals surface area contributed by atoms with E-state index in [-0.39, 0.29) is 29.4 Å². The van der Waals surface area contributed by atoms with E-state index in [1.54, 1.807) is 6.07 Å². The molecule has 4 rings (SSSR count). The van der Waals surface area contributed by atoms with Gasteiger partial charge in [0, 0.05) is 50.2 Å². The number of hydrogen-bond acceptors (Lipinski definition) is 6. The minimum absolute atomic E-state index is 0.0459. The van der Waals surface area contributed by atoms with Crippen molar-refractivity contribution < 1.29 is 27.9 Å². The molecule has 2 aromatic carbocycles. The van der Waals surface area contributed by atoms with Crippen LogP contribution in [-0.2, 0) is 9.53 Å². The molecule has 0 aromatic heterocycles. The average Bonchev–Trinajstić information content (AvgIpc) is 2.92. The van der Waals surface area contributed by atoms with Crippen LogP contribution in [0.3, 0.4) is 0 Å². The largest absolute Gasteiger partial charge is 0.697 e. The standard InChI is InChI=1S/C28H33F2N6O4/c1-17-16-35(23-8-5-4-7-22(23)31)14-13-34(17)12-6-11-32-27(38)36-25(19-9-10-20(29)21(30)15-19)24(26(37)40-3)18(2)33-28(36)39/h4-5,7-10,15,17,25,31H,6,11-14,16H2,1-3H3,(H,32,38)(H,33,37,39)/q-1/t17-,25?/m0/s1. The van der Waals surface area contributed by atoms with Gasteiger partial charge in [0.25, 0.3) is 0 Å². The van der Waals surface area contributed by atoms with Crippen LogP contribution in [-0.4, -0.2) is 73.7 Å². The smallest absolute Gasteiger partial charge is 0.337 e. The van der Waals surface area contributed by atoms with Gasteiger partial charge in [0.15, 0.2) is 11.6 Å². The van der Waals surface area contributed by atoms with Gasteiger partial charge in [0.05, 0.1) is 12.7 Å². The molecular weight excluding hydrogens is 522 g/mol. The fraction of sp³-hybridized carbons (Fsp3) is 0.393. The van der Waals surface area contributed by atoms with E-state index in [4.69, 9.17) is 10.5 Å². The molecule has 0 aliphatic carbocycles. The van der Waals surface area contributed by atoms with Crippen LogP contribution in [0.25, 0.3) is 5.73 Å². The summed E-state index contributed by atoms with van der Waals surface area (Å²) in [5.41, 5.74) is 9.69. The van der Waals surface area contributed by atoms with Crippen molar-refractivity contribution >= 4 is 29.4 Å². The second kappa shape index (κ2) is 12.3. The topological polar surface area (TPSA) is 118 Å². The predicted octanol–water partition coefficient (Wildman–Crippen LogP) is 4.47. The van der Waals surface area contributed by atoms with Crippen LogP contribution in [0, 0.1) is 11.6 Å². The van der Waals surface area contributed by atoms with E-state index in [1.165, 1.54) is 13.0 Å². The van der Waals surface area contributed by atoms with Crippen molar-refractivity contribution in [3.63, 3.8) is 0 Å². The molecule has 1 fully saturated rings. The van der Waals surface area contributed by atoms with Gasteiger partial charge in [-0.05, 0) is 44.0 Å². The van der Waals surface area contributed by atoms with E-state index in [2.05, 4.69) is 27.4 Å². The molecule has 0 spiro atoms. The van der Waals surface area contributed by atoms with Gasteiger partial charge in [-0.15, -0.1) is 5.69 Å². The van der Waals surface area contributed by atoms with Gasteiger partial charge in [-0.3, -0.25) is 4.90 Å². The molecule has 4 amide bonds. The van der Waals surface area contributed by atoms with Crippen molar-refractivity contribution in [2.75, 3.05) is 44.7 Å². The number of urea groups is 2. The number of nitrogens with one attached hydrogen (secondary N) is 3. The molecule has 0 bridgehead atoms. The first-order chi connectivity index (χ1) is 19.1. The van der Waals surface area contributed by atoms with Gasteiger partial charge in [-0.2, -0.15) is 0 Å². The third-order valence-corrected chi connectivity index (χ3v) is 7.24. The first kappa shape index (κ1) is 28.8. The maximum absolute atomic E-state index is 14.1. The Kier molecular flexibility index (Phi) is 8.88. The molecule has 2 aromatic rings. The first-order valence-corrected chi connectivity index (χ1v) is 13.0. The first-order valence-electron chi connectivity index (χ1n) is 13.0. The van der Waals surface area contributed by atoms with Crippen molar-refractivity contribution in [3.8, 4) is 0 Å². The van der Waals surface area contributed by atoms with E-state index >= 15 is 0 Å². The maximum atomic E-state index is 14.1. The van der Waals surface area contributed by atoms with Crippen molar-refractivity contribution in [2.45, 2.75) is 32.4 Å². The number of allylic oxidation sites excluding steroid dienone is 1. The second-order valence-electron chi connectivity index (χ2n) is 9.84. The van der Waals surface area contributed by atoms with E-state index < -0.39 is 35.7 Å². The summed E-state index contributed by atoms with van der Waals surface area (Å²) in [6, 6.07) is 7.78. The van der Waals surface area contributed by atoms with Gasteiger partial charge < -0.3 is 26.0 Å². The Morgan fingerprint density at radius 2 is 1.90 bits per heavy atom. The van der Waals surface area contributed by atoms with E-state index in [9.17, 15) is 23.2 Å². The molecule has 1 unspecified atom stereocenters. The molecule has 2 atom stereocenters. The zero-order valence-electron chi connectivity index (χ0n) is 22.7. The average molecular weight is 556 g/mol. The lowest BCUT2D eigenvalue weighted by atomic mass is 9.94. The maximum Gasteiger partial charge on any atom is 0.337 e. The molecule has 10 nitrogen and oxygen atoms in total. The van der Waals surface area contributed by atoms with Gasteiger partial charge in [-0.25, -0.2) is 28.1 Å². The van der Waals surface area contributed by atoms with Crippen LogP contribution < -0.4 is 15.5 Å². The molecule has 3 N–H and O–H groups in total. The molecule has 12 heteroatoms. The summed E-state index contributed by atoms with van der Waals surface area (Å²) in [4.78, 5) is 44.0.